The Bertz CT molecular complexity index is 1000. The molecule has 0 aliphatic carbocycles. The molecule has 2 aliphatic heterocycles. The molecule has 1 atom stereocenters. The molecule has 7 nitrogen and oxygen atoms in total. The van der Waals surface area contributed by atoms with Crippen LogP contribution in [-0.4, -0.2) is 48.2 Å². The minimum absolute atomic E-state index is 0.0287. The van der Waals surface area contributed by atoms with Crippen molar-refractivity contribution in [1.29, 1.82) is 0 Å². The maximum absolute atomic E-state index is 14.2. The predicted molar refractivity (Wildman–Crippen MR) is 101 cm³/mol. The number of carbonyl (C=O) groups excluding carboxylic acids is 1. The van der Waals surface area contributed by atoms with Gasteiger partial charge in [0, 0.05) is 44.9 Å². The highest BCUT2D eigenvalue weighted by Gasteiger charge is 2.45. The molecule has 1 fully saturated rings. The average molecular weight is 443 g/mol. The molecule has 12 heteroatoms. The van der Waals surface area contributed by atoms with Crippen LogP contribution >= 0.6 is 0 Å². The number of cyclic esters (lactones) is 1. The third-order valence-corrected chi connectivity index (χ3v) is 5.01. The number of pyridine rings is 2. The number of carbonyl (C=O) groups is 1. The van der Waals surface area contributed by atoms with Gasteiger partial charge in [0.2, 0.25) is 0 Å². The third kappa shape index (κ3) is 4.24. The normalized spacial score (nSPS) is 19.5. The van der Waals surface area contributed by atoms with E-state index in [-0.39, 0.29) is 28.5 Å². The standard InChI is InChI=1S/C19H18F5N5O2/c1-18(20,21)15-14-11(2-3-26-16(14)28-17(30)31-15)12-8-10(19(22,23)24)9-13(27-12)29-6-4-25-5-7-29/h2-3,8-9,15,25H,4-7H2,1H3,(H,26,28,30)/t15-/m1/s1. The van der Waals surface area contributed by atoms with E-state index in [4.69, 9.17) is 4.74 Å². The maximum atomic E-state index is 14.2. The summed E-state index contributed by atoms with van der Waals surface area (Å²) in [4.78, 5) is 21.6. The number of anilines is 2. The highest BCUT2D eigenvalue weighted by molar-refractivity contribution is 5.89. The van der Waals surface area contributed by atoms with Crippen LogP contribution in [0, 0.1) is 0 Å². The summed E-state index contributed by atoms with van der Waals surface area (Å²) in [5.74, 6) is -3.63. The highest BCUT2D eigenvalue weighted by atomic mass is 19.4. The van der Waals surface area contributed by atoms with Gasteiger partial charge < -0.3 is 15.0 Å². The third-order valence-electron chi connectivity index (χ3n) is 5.01. The molecule has 2 aliphatic rings. The summed E-state index contributed by atoms with van der Waals surface area (Å²) in [5, 5.41) is 5.32. The topological polar surface area (TPSA) is 79.4 Å². The van der Waals surface area contributed by atoms with Gasteiger partial charge in [-0.25, -0.2) is 23.5 Å². The van der Waals surface area contributed by atoms with Crippen LogP contribution in [0.1, 0.15) is 24.2 Å². The molecule has 166 valence electrons. The van der Waals surface area contributed by atoms with E-state index in [0.717, 1.165) is 12.1 Å². The number of rotatable bonds is 3. The Morgan fingerprint density at radius 1 is 1.16 bits per heavy atom. The first-order valence-corrected chi connectivity index (χ1v) is 9.44. The number of aromatic nitrogens is 2. The second kappa shape index (κ2) is 7.59. The van der Waals surface area contributed by atoms with Crippen molar-refractivity contribution in [2.45, 2.75) is 25.1 Å². The molecule has 0 saturated carbocycles. The van der Waals surface area contributed by atoms with Crippen LogP contribution in [0.15, 0.2) is 24.4 Å². The molecule has 2 aromatic rings. The number of nitrogens with zero attached hydrogens (tertiary/aromatic N) is 3. The number of hydrogen-bond acceptors (Lipinski definition) is 6. The molecule has 0 bridgehead atoms. The molecular weight excluding hydrogens is 425 g/mol. The van der Waals surface area contributed by atoms with Crippen molar-refractivity contribution in [3.05, 3.63) is 35.5 Å². The summed E-state index contributed by atoms with van der Waals surface area (Å²) in [6.45, 7) is 2.58. The van der Waals surface area contributed by atoms with E-state index in [1.54, 1.807) is 4.90 Å². The minimum atomic E-state index is -4.67. The lowest BCUT2D eigenvalue weighted by molar-refractivity contribution is -0.137. The number of ether oxygens (including phenoxy) is 1. The van der Waals surface area contributed by atoms with Crippen LogP contribution in [0.5, 0.6) is 0 Å². The number of piperazine rings is 1. The molecule has 31 heavy (non-hydrogen) atoms. The van der Waals surface area contributed by atoms with E-state index in [1.807, 2.05) is 0 Å². The van der Waals surface area contributed by atoms with Gasteiger partial charge in [-0.3, -0.25) is 5.32 Å². The van der Waals surface area contributed by atoms with Gasteiger partial charge >= 0.3 is 12.3 Å². The van der Waals surface area contributed by atoms with Gasteiger partial charge in [-0.1, -0.05) is 0 Å². The Hall–Kier alpha value is -3.02. The fourth-order valence-electron chi connectivity index (χ4n) is 3.58. The van der Waals surface area contributed by atoms with Gasteiger partial charge in [-0.2, -0.15) is 13.2 Å². The van der Waals surface area contributed by atoms with Crippen LogP contribution in [0.3, 0.4) is 0 Å². The number of hydrogen-bond donors (Lipinski definition) is 2. The van der Waals surface area contributed by atoms with Gasteiger partial charge in [0.25, 0.3) is 5.92 Å². The zero-order valence-corrected chi connectivity index (χ0v) is 16.3. The zero-order chi connectivity index (χ0) is 22.4. The Balaban J connectivity index is 1.90. The van der Waals surface area contributed by atoms with Crippen molar-refractivity contribution in [2.75, 3.05) is 36.4 Å². The first kappa shape index (κ1) is 21.2. The van der Waals surface area contributed by atoms with Crippen molar-refractivity contribution >= 4 is 17.7 Å². The molecule has 4 heterocycles. The maximum Gasteiger partial charge on any atom is 0.416 e. The number of halogens is 5. The second-order valence-electron chi connectivity index (χ2n) is 7.32. The van der Waals surface area contributed by atoms with Crippen LogP contribution in [0.4, 0.5) is 38.4 Å². The quantitative estimate of drug-likeness (QED) is 0.702. The first-order chi connectivity index (χ1) is 14.5. The second-order valence-corrected chi connectivity index (χ2v) is 7.32. The molecule has 1 amide bonds. The van der Waals surface area contributed by atoms with Crippen LogP contribution < -0.4 is 15.5 Å². The number of amides is 1. The summed E-state index contributed by atoms with van der Waals surface area (Å²) in [7, 11) is 0. The van der Waals surface area contributed by atoms with Crippen LogP contribution in [0.25, 0.3) is 11.3 Å². The van der Waals surface area contributed by atoms with E-state index in [1.165, 1.54) is 12.3 Å². The number of nitrogens with one attached hydrogen (secondary N) is 2. The number of fused-ring (bicyclic) bond motifs is 1. The monoisotopic (exact) mass is 443 g/mol. The molecule has 2 N–H and O–H groups in total. The van der Waals surface area contributed by atoms with Crippen molar-refractivity contribution < 1.29 is 31.5 Å². The van der Waals surface area contributed by atoms with Gasteiger partial charge in [-0.15, -0.1) is 0 Å². The largest absolute Gasteiger partial charge is 0.434 e. The van der Waals surface area contributed by atoms with Gasteiger partial charge in [-0.05, 0) is 18.2 Å². The Labute approximate surface area is 173 Å². The SMILES string of the molecule is CC(F)(F)[C@@H]1OC(=O)Nc2nccc(-c3cc(C(F)(F)F)cc(N4CCNCC4)n3)c21. The van der Waals surface area contributed by atoms with Crippen molar-refractivity contribution in [3.8, 4) is 11.3 Å². The van der Waals surface area contributed by atoms with Gasteiger partial charge in [0.15, 0.2) is 6.10 Å². The Kier molecular flexibility index (Phi) is 5.20. The minimum Gasteiger partial charge on any atom is -0.434 e. The summed E-state index contributed by atoms with van der Waals surface area (Å²) in [5.41, 5.74) is -1.39. The van der Waals surface area contributed by atoms with E-state index in [0.29, 0.717) is 33.1 Å². The molecular formula is C19H18F5N5O2. The summed E-state index contributed by atoms with van der Waals surface area (Å²) >= 11 is 0. The smallest absolute Gasteiger partial charge is 0.416 e. The van der Waals surface area contributed by atoms with E-state index < -0.39 is 29.9 Å². The highest BCUT2D eigenvalue weighted by Crippen LogP contribution is 2.45. The number of alkyl halides is 5. The molecule has 0 aromatic carbocycles. The fraction of sp³-hybridized carbons (Fsp3) is 0.421. The lowest BCUT2D eigenvalue weighted by Gasteiger charge is -2.31. The van der Waals surface area contributed by atoms with Gasteiger partial charge in [0.1, 0.15) is 11.6 Å². The Morgan fingerprint density at radius 3 is 2.52 bits per heavy atom. The molecule has 4 rings (SSSR count). The molecule has 1 saturated heterocycles. The Morgan fingerprint density at radius 2 is 1.87 bits per heavy atom. The summed E-state index contributed by atoms with van der Waals surface area (Å²) < 4.78 is 74.1. The lowest BCUT2D eigenvalue weighted by Crippen LogP contribution is -2.44. The molecule has 0 spiro atoms. The molecule has 0 radical (unpaired) electrons. The molecule has 2 aromatic heterocycles. The van der Waals surface area contributed by atoms with Crippen molar-refractivity contribution in [3.63, 3.8) is 0 Å². The van der Waals surface area contributed by atoms with Crippen LogP contribution in [-0.2, 0) is 10.9 Å². The van der Waals surface area contributed by atoms with Crippen molar-refractivity contribution in [1.82, 2.24) is 15.3 Å². The molecule has 0 unspecified atom stereocenters. The van der Waals surface area contributed by atoms with E-state index in [2.05, 4.69) is 20.6 Å². The van der Waals surface area contributed by atoms with Gasteiger partial charge in [0.05, 0.1) is 16.8 Å². The summed E-state index contributed by atoms with van der Waals surface area (Å²) in [6, 6.07) is 3.01. The van der Waals surface area contributed by atoms with E-state index >= 15 is 0 Å². The zero-order valence-electron chi connectivity index (χ0n) is 16.3. The van der Waals surface area contributed by atoms with E-state index in [9.17, 15) is 26.7 Å². The van der Waals surface area contributed by atoms with Crippen LogP contribution in [0.2, 0.25) is 0 Å². The first-order valence-electron chi connectivity index (χ1n) is 9.44. The fourth-order valence-corrected chi connectivity index (χ4v) is 3.58. The lowest BCUT2D eigenvalue weighted by atomic mass is 9.95. The summed E-state index contributed by atoms with van der Waals surface area (Å²) in [6.07, 6.45) is -6.62. The van der Waals surface area contributed by atoms with Crippen molar-refractivity contribution in [2.24, 2.45) is 0 Å². The predicted octanol–water partition coefficient (Wildman–Crippen LogP) is 3.83. The average Bonchev–Trinajstić information content (AvgIpc) is 2.71.